The van der Waals surface area contributed by atoms with E-state index < -0.39 is 0 Å². The summed E-state index contributed by atoms with van der Waals surface area (Å²) < 4.78 is 0. The van der Waals surface area contributed by atoms with E-state index in [0.717, 1.165) is 5.56 Å². The van der Waals surface area contributed by atoms with Crippen LogP contribution in [0.15, 0.2) is 67.0 Å². The number of carbonyl (C=O) groups excluding carboxylic acids is 1. The first-order valence-corrected chi connectivity index (χ1v) is 7.76. The fourth-order valence-corrected chi connectivity index (χ4v) is 2.25. The molecule has 2 N–H and O–H groups in total. The van der Waals surface area contributed by atoms with Crippen molar-refractivity contribution in [1.29, 1.82) is 0 Å². The van der Waals surface area contributed by atoms with E-state index in [2.05, 4.69) is 20.6 Å². The van der Waals surface area contributed by atoms with Crippen LogP contribution in [-0.2, 0) is 6.54 Å². The van der Waals surface area contributed by atoms with E-state index in [9.17, 15) is 4.79 Å². The van der Waals surface area contributed by atoms with Gasteiger partial charge in [0.05, 0.1) is 16.3 Å². The third-order valence-electron chi connectivity index (χ3n) is 3.33. The Morgan fingerprint density at radius 1 is 0.958 bits per heavy atom. The van der Waals surface area contributed by atoms with Gasteiger partial charge >= 0.3 is 0 Å². The Balaban J connectivity index is 1.61. The number of hydrogen-bond donors (Lipinski definition) is 2. The van der Waals surface area contributed by atoms with Gasteiger partial charge in [-0.3, -0.25) is 4.79 Å². The number of benzene rings is 2. The summed E-state index contributed by atoms with van der Waals surface area (Å²) in [6.07, 6.45) is 2.96. The van der Waals surface area contributed by atoms with E-state index >= 15 is 0 Å². The summed E-state index contributed by atoms with van der Waals surface area (Å²) in [4.78, 5) is 20.5. The molecule has 0 aliphatic carbocycles. The summed E-state index contributed by atoms with van der Waals surface area (Å²) in [6, 6.07) is 17.0. The fraction of sp³-hybridized carbons (Fsp3) is 0.0556. The van der Waals surface area contributed by atoms with Gasteiger partial charge in [-0.05, 0) is 17.7 Å². The van der Waals surface area contributed by atoms with Gasteiger partial charge in [0, 0.05) is 18.9 Å². The molecule has 3 aromatic rings. The SMILES string of the molecule is O=C(Nc1ccccc1Cl)c1cnc(NCc2ccccc2)nc1. The molecule has 0 unspecified atom stereocenters. The zero-order valence-electron chi connectivity index (χ0n) is 12.7. The lowest BCUT2D eigenvalue weighted by Gasteiger charge is -2.08. The predicted molar refractivity (Wildman–Crippen MR) is 95.2 cm³/mol. The van der Waals surface area contributed by atoms with Crippen molar-refractivity contribution in [3.05, 3.63) is 83.1 Å². The maximum Gasteiger partial charge on any atom is 0.258 e. The molecule has 0 bridgehead atoms. The molecule has 1 heterocycles. The Morgan fingerprint density at radius 2 is 1.62 bits per heavy atom. The van der Waals surface area contributed by atoms with Gasteiger partial charge in [0.15, 0.2) is 0 Å². The molecule has 5 nitrogen and oxygen atoms in total. The zero-order chi connectivity index (χ0) is 16.8. The molecule has 0 spiro atoms. The summed E-state index contributed by atoms with van der Waals surface area (Å²) in [6.45, 7) is 0.617. The smallest absolute Gasteiger partial charge is 0.258 e. The quantitative estimate of drug-likeness (QED) is 0.738. The average Bonchev–Trinajstić information content (AvgIpc) is 2.63. The normalized spacial score (nSPS) is 10.2. The highest BCUT2D eigenvalue weighted by molar-refractivity contribution is 6.33. The number of carbonyl (C=O) groups is 1. The number of rotatable bonds is 5. The monoisotopic (exact) mass is 338 g/mol. The van der Waals surface area contributed by atoms with E-state index in [0.29, 0.717) is 28.8 Å². The Kier molecular flexibility index (Phi) is 5.03. The molecule has 24 heavy (non-hydrogen) atoms. The molecule has 0 aliphatic rings. The number of anilines is 2. The Hall–Kier alpha value is -2.92. The third kappa shape index (κ3) is 4.08. The zero-order valence-corrected chi connectivity index (χ0v) is 13.5. The minimum atomic E-state index is -0.308. The Morgan fingerprint density at radius 3 is 2.33 bits per heavy atom. The maximum absolute atomic E-state index is 12.2. The molecule has 120 valence electrons. The van der Waals surface area contributed by atoms with Crippen LogP contribution in [0.2, 0.25) is 5.02 Å². The number of nitrogens with zero attached hydrogens (tertiary/aromatic N) is 2. The molecular weight excluding hydrogens is 324 g/mol. The molecule has 0 saturated heterocycles. The van der Waals surface area contributed by atoms with Crippen molar-refractivity contribution in [2.24, 2.45) is 0 Å². The maximum atomic E-state index is 12.2. The van der Waals surface area contributed by atoms with Crippen molar-refractivity contribution in [2.45, 2.75) is 6.54 Å². The molecule has 2 aromatic carbocycles. The minimum Gasteiger partial charge on any atom is -0.350 e. The van der Waals surface area contributed by atoms with Crippen molar-refractivity contribution < 1.29 is 4.79 Å². The predicted octanol–water partition coefficient (Wildman–Crippen LogP) is 3.99. The first-order valence-electron chi connectivity index (χ1n) is 7.38. The van der Waals surface area contributed by atoms with Gasteiger partial charge in [-0.1, -0.05) is 54.1 Å². The highest BCUT2D eigenvalue weighted by atomic mass is 35.5. The van der Waals surface area contributed by atoms with Crippen molar-refractivity contribution in [1.82, 2.24) is 9.97 Å². The largest absolute Gasteiger partial charge is 0.350 e. The molecule has 3 rings (SSSR count). The lowest BCUT2D eigenvalue weighted by atomic mass is 10.2. The molecule has 1 amide bonds. The van der Waals surface area contributed by atoms with Crippen LogP contribution in [0.5, 0.6) is 0 Å². The number of nitrogens with one attached hydrogen (secondary N) is 2. The second-order valence-corrected chi connectivity index (χ2v) is 5.48. The van der Waals surface area contributed by atoms with Crippen LogP contribution >= 0.6 is 11.6 Å². The lowest BCUT2D eigenvalue weighted by molar-refractivity contribution is 0.102. The van der Waals surface area contributed by atoms with Crippen LogP contribution in [0, 0.1) is 0 Å². The molecule has 0 atom stereocenters. The van der Waals surface area contributed by atoms with E-state index in [4.69, 9.17) is 11.6 Å². The second-order valence-electron chi connectivity index (χ2n) is 5.07. The second kappa shape index (κ2) is 7.57. The Bertz CT molecular complexity index is 822. The first-order chi connectivity index (χ1) is 11.7. The van der Waals surface area contributed by atoms with Gasteiger partial charge < -0.3 is 10.6 Å². The number of amides is 1. The topological polar surface area (TPSA) is 66.9 Å². The van der Waals surface area contributed by atoms with Crippen LogP contribution in [0.4, 0.5) is 11.6 Å². The third-order valence-corrected chi connectivity index (χ3v) is 3.66. The van der Waals surface area contributed by atoms with Crippen molar-refractivity contribution in [2.75, 3.05) is 10.6 Å². The first kappa shape index (κ1) is 16.0. The van der Waals surface area contributed by atoms with E-state index in [1.165, 1.54) is 12.4 Å². The van der Waals surface area contributed by atoms with Crippen molar-refractivity contribution in [3.8, 4) is 0 Å². The van der Waals surface area contributed by atoms with E-state index in [-0.39, 0.29) is 5.91 Å². The molecule has 0 aliphatic heterocycles. The van der Waals surface area contributed by atoms with Gasteiger partial charge in [-0.2, -0.15) is 0 Å². The van der Waals surface area contributed by atoms with Crippen LogP contribution in [-0.4, -0.2) is 15.9 Å². The van der Waals surface area contributed by atoms with Crippen LogP contribution in [0.3, 0.4) is 0 Å². The summed E-state index contributed by atoms with van der Waals surface area (Å²) in [5.41, 5.74) is 2.04. The molecule has 1 aromatic heterocycles. The van der Waals surface area contributed by atoms with Crippen LogP contribution in [0.25, 0.3) is 0 Å². The van der Waals surface area contributed by atoms with Gasteiger partial charge in [0.1, 0.15) is 0 Å². The standard InChI is InChI=1S/C18H15ClN4O/c19-15-8-4-5-9-16(15)23-17(24)14-11-21-18(22-12-14)20-10-13-6-2-1-3-7-13/h1-9,11-12H,10H2,(H,23,24)(H,20,21,22). The number of halogens is 1. The lowest BCUT2D eigenvalue weighted by Crippen LogP contribution is -2.13. The summed E-state index contributed by atoms with van der Waals surface area (Å²) in [7, 11) is 0. The van der Waals surface area contributed by atoms with Gasteiger partial charge in [-0.25, -0.2) is 9.97 Å². The van der Waals surface area contributed by atoms with E-state index in [1.54, 1.807) is 24.3 Å². The summed E-state index contributed by atoms with van der Waals surface area (Å²) in [5.74, 6) is 0.158. The van der Waals surface area contributed by atoms with Crippen LogP contribution < -0.4 is 10.6 Å². The molecule has 0 fully saturated rings. The van der Waals surface area contributed by atoms with Gasteiger partial charge in [-0.15, -0.1) is 0 Å². The molecule has 0 radical (unpaired) electrons. The number of para-hydroxylation sites is 1. The average molecular weight is 339 g/mol. The van der Waals surface area contributed by atoms with Gasteiger partial charge in [0.2, 0.25) is 5.95 Å². The van der Waals surface area contributed by atoms with Crippen molar-refractivity contribution in [3.63, 3.8) is 0 Å². The molecular formula is C18H15ClN4O. The summed E-state index contributed by atoms with van der Waals surface area (Å²) >= 11 is 6.02. The highest BCUT2D eigenvalue weighted by Crippen LogP contribution is 2.21. The fourth-order valence-electron chi connectivity index (χ4n) is 2.07. The van der Waals surface area contributed by atoms with Gasteiger partial charge in [0.25, 0.3) is 5.91 Å². The number of hydrogen-bond acceptors (Lipinski definition) is 4. The highest BCUT2D eigenvalue weighted by Gasteiger charge is 2.09. The van der Waals surface area contributed by atoms with E-state index in [1.807, 2.05) is 30.3 Å². The Labute approximate surface area is 144 Å². The van der Waals surface area contributed by atoms with Crippen LogP contribution in [0.1, 0.15) is 15.9 Å². The number of aromatic nitrogens is 2. The molecule has 6 heteroatoms. The minimum absolute atomic E-state index is 0.308. The summed E-state index contributed by atoms with van der Waals surface area (Å²) in [5, 5.41) is 6.32. The van der Waals surface area contributed by atoms with Crippen molar-refractivity contribution >= 4 is 29.1 Å². The molecule has 0 saturated carbocycles.